The summed E-state index contributed by atoms with van der Waals surface area (Å²) in [6.45, 7) is 0. The molecule has 3 saturated carbocycles. The van der Waals surface area contributed by atoms with E-state index in [-0.39, 0.29) is 45.8 Å². The van der Waals surface area contributed by atoms with Crippen LogP contribution in [0.1, 0.15) is 25.7 Å². The summed E-state index contributed by atoms with van der Waals surface area (Å²) in [6.07, 6.45) is 5.02. The maximum Gasteiger partial charge on any atom is 0.308 e. The van der Waals surface area contributed by atoms with Crippen LogP contribution >= 0.6 is 0 Å². The zero-order valence-corrected chi connectivity index (χ0v) is 18.9. The predicted molar refractivity (Wildman–Crippen MR) is 127 cm³/mol. The minimum atomic E-state index is -0.862. The van der Waals surface area contributed by atoms with Crippen molar-refractivity contribution in [3.63, 3.8) is 0 Å². The molecule has 0 spiro atoms. The summed E-state index contributed by atoms with van der Waals surface area (Å²) in [4.78, 5) is 35.0. The average molecular weight is 493 g/mol. The van der Waals surface area contributed by atoms with E-state index in [1.54, 1.807) is 0 Å². The van der Waals surface area contributed by atoms with Gasteiger partial charge in [-0.1, -0.05) is 0 Å². The highest BCUT2D eigenvalue weighted by Crippen LogP contribution is 2.47. The Kier molecular flexibility index (Phi) is 5.09. The van der Waals surface area contributed by atoms with E-state index in [9.17, 15) is 28.8 Å². The van der Waals surface area contributed by atoms with Crippen molar-refractivity contribution in [1.29, 1.82) is 0 Å². The van der Waals surface area contributed by atoms with E-state index in [0.717, 1.165) is 31.7 Å². The lowest BCUT2D eigenvalue weighted by atomic mass is 9.61. The topological polar surface area (TPSA) is 134 Å². The van der Waals surface area contributed by atoms with Gasteiger partial charge in [-0.05, 0) is 49.7 Å². The summed E-state index contributed by atoms with van der Waals surface area (Å²) in [5.41, 5.74) is 0.490. The Labute approximate surface area is 202 Å². The van der Waals surface area contributed by atoms with Crippen molar-refractivity contribution in [3.05, 3.63) is 58.3 Å². The van der Waals surface area contributed by atoms with E-state index in [0.29, 0.717) is 16.8 Å². The van der Waals surface area contributed by atoms with Crippen molar-refractivity contribution in [2.45, 2.75) is 31.7 Å². The number of halogens is 2. The van der Waals surface area contributed by atoms with Crippen LogP contribution in [0.4, 0.5) is 20.3 Å². The quantitative estimate of drug-likeness (QED) is 0.255. The Morgan fingerprint density at radius 1 is 1.08 bits per heavy atom. The van der Waals surface area contributed by atoms with Crippen molar-refractivity contribution in [2.24, 2.45) is 17.8 Å². The number of hydrogen-bond donors (Lipinski definition) is 3. The average Bonchev–Trinajstić information content (AvgIpc) is 3.28. The largest absolute Gasteiger partial charge is 0.481 e. The first kappa shape index (κ1) is 22.3. The van der Waals surface area contributed by atoms with Crippen molar-refractivity contribution >= 4 is 39.3 Å². The van der Waals surface area contributed by atoms with Gasteiger partial charge >= 0.3 is 5.97 Å². The molecule has 3 N–H and O–H groups in total. The number of nitro benzene ring substituents is 1. The summed E-state index contributed by atoms with van der Waals surface area (Å²) < 4.78 is 28.3. The Morgan fingerprint density at radius 2 is 1.83 bits per heavy atom. The van der Waals surface area contributed by atoms with Gasteiger partial charge in [0.15, 0.2) is 5.82 Å². The van der Waals surface area contributed by atoms with Crippen molar-refractivity contribution in [1.82, 2.24) is 15.0 Å². The molecule has 4 aromatic rings. The number of aliphatic carboxylic acids is 1. The molecular formula is C25H21F2N5O4. The molecule has 1 unspecified atom stereocenters. The number of nitrogens with zero attached hydrogens (tertiary/aromatic N) is 3. The van der Waals surface area contributed by atoms with Gasteiger partial charge in [0.05, 0.1) is 21.9 Å². The minimum absolute atomic E-state index is 0.0678. The van der Waals surface area contributed by atoms with Crippen molar-refractivity contribution < 1.29 is 23.6 Å². The molecule has 11 heteroatoms. The summed E-state index contributed by atoms with van der Waals surface area (Å²) >= 11 is 0. The van der Waals surface area contributed by atoms with E-state index in [4.69, 9.17) is 0 Å². The Bertz CT molecular complexity index is 1550. The van der Waals surface area contributed by atoms with Gasteiger partial charge in [0.25, 0.3) is 5.69 Å². The first-order valence-corrected chi connectivity index (χ1v) is 11.7. The van der Waals surface area contributed by atoms with E-state index in [1.165, 1.54) is 30.5 Å². The van der Waals surface area contributed by atoms with E-state index >= 15 is 0 Å². The highest BCUT2D eigenvalue weighted by atomic mass is 19.1. The summed E-state index contributed by atoms with van der Waals surface area (Å²) in [5, 5.41) is 25.4. The van der Waals surface area contributed by atoms with Gasteiger partial charge in [-0.2, -0.15) is 0 Å². The fourth-order valence-corrected chi connectivity index (χ4v) is 5.97. The van der Waals surface area contributed by atoms with Crippen LogP contribution in [0.5, 0.6) is 0 Å². The van der Waals surface area contributed by atoms with Crippen molar-refractivity contribution in [2.75, 3.05) is 5.32 Å². The molecule has 2 aromatic carbocycles. The molecule has 3 aliphatic rings. The number of anilines is 1. The van der Waals surface area contributed by atoms with Crippen LogP contribution in [0.2, 0.25) is 0 Å². The summed E-state index contributed by atoms with van der Waals surface area (Å²) in [5.74, 6) is -2.32. The molecule has 3 aliphatic carbocycles. The SMILES string of the molecule is O=C(O)[C@@H]1C2CCC(CC2)C1Nc1nc(-c2c[nH]c3c(F)cc(F)cc23)nc2cc([N+](=O)[O-])ccc12. The van der Waals surface area contributed by atoms with E-state index < -0.39 is 28.4 Å². The van der Waals surface area contributed by atoms with E-state index in [1.807, 2.05) is 0 Å². The number of carbonyl (C=O) groups is 1. The van der Waals surface area contributed by atoms with Gasteiger partial charge in [0.1, 0.15) is 17.5 Å². The van der Waals surface area contributed by atoms with Gasteiger partial charge in [-0.25, -0.2) is 18.7 Å². The number of nitro groups is 1. The second kappa shape index (κ2) is 8.21. The first-order valence-electron chi connectivity index (χ1n) is 11.7. The number of aromatic nitrogens is 3. The molecule has 0 amide bonds. The number of carboxylic acids is 1. The molecule has 3 fully saturated rings. The number of benzene rings is 2. The fraction of sp³-hybridized carbons (Fsp3) is 0.320. The summed E-state index contributed by atoms with van der Waals surface area (Å²) in [7, 11) is 0. The molecule has 0 aliphatic heterocycles. The zero-order chi connectivity index (χ0) is 25.1. The lowest BCUT2D eigenvalue weighted by Crippen LogP contribution is -2.51. The predicted octanol–water partition coefficient (Wildman–Crippen LogP) is 5.27. The fourth-order valence-electron chi connectivity index (χ4n) is 5.97. The third-order valence-corrected chi connectivity index (χ3v) is 7.65. The molecule has 0 saturated heterocycles. The van der Waals surface area contributed by atoms with Gasteiger partial charge in [0.2, 0.25) is 0 Å². The monoisotopic (exact) mass is 493 g/mol. The second-order valence-corrected chi connectivity index (χ2v) is 9.58. The molecule has 2 heterocycles. The van der Waals surface area contributed by atoms with Gasteiger partial charge in [-0.3, -0.25) is 14.9 Å². The Balaban J connectivity index is 1.53. The summed E-state index contributed by atoms with van der Waals surface area (Å²) in [6, 6.07) is 5.75. The molecular weight excluding hydrogens is 472 g/mol. The second-order valence-electron chi connectivity index (χ2n) is 9.58. The maximum atomic E-state index is 14.3. The van der Waals surface area contributed by atoms with Gasteiger partial charge in [-0.15, -0.1) is 0 Å². The smallest absolute Gasteiger partial charge is 0.308 e. The molecule has 184 valence electrons. The minimum Gasteiger partial charge on any atom is -0.481 e. The third-order valence-electron chi connectivity index (χ3n) is 7.65. The molecule has 9 nitrogen and oxygen atoms in total. The number of fused-ring (bicyclic) bond motifs is 5. The van der Waals surface area contributed by atoms with E-state index in [2.05, 4.69) is 20.3 Å². The van der Waals surface area contributed by atoms with Crippen molar-refractivity contribution in [3.8, 4) is 11.4 Å². The Hall–Kier alpha value is -4.15. The molecule has 0 radical (unpaired) electrons. The Morgan fingerprint density at radius 3 is 2.56 bits per heavy atom. The molecule has 2 atom stereocenters. The highest BCUT2D eigenvalue weighted by molar-refractivity contribution is 5.97. The van der Waals surface area contributed by atoms with Gasteiger partial charge < -0.3 is 15.4 Å². The van der Waals surface area contributed by atoms with Crippen LogP contribution in [0.25, 0.3) is 33.2 Å². The van der Waals surface area contributed by atoms with Crippen LogP contribution in [-0.4, -0.2) is 37.0 Å². The number of H-pyrrole nitrogens is 1. The molecule has 36 heavy (non-hydrogen) atoms. The van der Waals surface area contributed by atoms with Crippen LogP contribution < -0.4 is 5.32 Å². The maximum absolute atomic E-state index is 14.3. The molecule has 7 rings (SSSR count). The van der Waals surface area contributed by atoms with Crippen LogP contribution in [0.3, 0.4) is 0 Å². The highest BCUT2D eigenvalue weighted by Gasteiger charge is 2.47. The number of non-ortho nitro benzene ring substituents is 1. The number of nitrogens with one attached hydrogen (secondary N) is 2. The van der Waals surface area contributed by atoms with Gasteiger partial charge in [0, 0.05) is 46.8 Å². The third kappa shape index (κ3) is 3.53. The van der Waals surface area contributed by atoms with Crippen LogP contribution in [0, 0.1) is 39.5 Å². The molecule has 2 aromatic heterocycles. The first-order chi connectivity index (χ1) is 17.3. The molecule has 2 bridgehead atoms. The number of rotatable bonds is 5. The normalized spacial score (nSPS) is 23.3. The standard InChI is InChI=1S/C25H21F2N5O4/c26-13-7-16-17(10-28-22(16)18(27)8-13)24-29-19-9-14(32(35)36)5-6-15(19)23(31-24)30-21-12-3-1-11(2-4-12)20(21)25(33)34/h5-12,20-21,28H,1-4H2,(H,33,34)(H,29,30,31)/t11?,12?,20-,21?/m1/s1. The number of hydrogen-bond acceptors (Lipinski definition) is 6. The lowest BCUT2D eigenvalue weighted by molar-refractivity contribution is -0.384. The van der Waals surface area contributed by atoms with Crippen LogP contribution in [-0.2, 0) is 4.79 Å². The lowest BCUT2D eigenvalue weighted by Gasteiger charge is -2.47. The zero-order valence-electron chi connectivity index (χ0n) is 18.9. The van der Waals surface area contributed by atoms with Crippen LogP contribution in [0.15, 0.2) is 36.5 Å². The number of aromatic amines is 1. The number of carboxylic acid groups (broad SMARTS) is 1.